The number of hydrogen-bond donors (Lipinski definition) is 0. The predicted octanol–water partition coefficient (Wildman–Crippen LogP) is 2.15. The van der Waals surface area contributed by atoms with Crippen LogP contribution in [0, 0.1) is 17.8 Å². The second kappa shape index (κ2) is 3.71. The van der Waals surface area contributed by atoms with Crippen LogP contribution in [0.3, 0.4) is 0 Å². The summed E-state index contributed by atoms with van der Waals surface area (Å²) in [7, 11) is 0. The largest absolute Gasteiger partial charge is 0.432 e. The van der Waals surface area contributed by atoms with Gasteiger partial charge < -0.3 is 9.47 Å². The van der Waals surface area contributed by atoms with Crippen molar-refractivity contribution in [2.24, 2.45) is 17.8 Å². The Morgan fingerprint density at radius 1 is 1.21 bits per heavy atom. The molecule has 0 radical (unpaired) electrons. The average Bonchev–Trinajstić information content (AvgIpc) is 2.61. The molecule has 6 atom stereocenters. The Hall–Kier alpha value is -0.650. The van der Waals surface area contributed by atoms with Gasteiger partial charge in [0.05, 0.1) is 5.92 Å². The highest BCUT2D eigenvalue weighted by Gasteiger charge is 2.68. The van der Waals surface area contributed by atoms with Crippen molar-refractivity contribution < 1.29 is 24.0 Å². The molecule has 1 spiro atoms. The second-order valence-electron chi connectivity index (χ2n) is 6.60. The summed E-state index contributed by atoms with van der Waals surface area (Å²) >= 11 is 0. The van der Waals surface area contributed by atoms with Crippen LogP contribution in [-0.4, -0.2) is 23.6 Å². The number of carbonyl (C=O) groups excluding carboxylic acids is 1. The van der Waals surface area contributed by atoms with Crippen LogP contribution in [0.15, 0.2) is 0 Å². The molecule has 0 amide bonds. The molecular formula is C14H20O5. The number of carbonyl (C=O) groups is 1. The number of ether oxygens (including phenoxy) is 2. The summed E-state index contributed by atoms with van der Waals surface area (Å²) in [4.78, 5) is 23.5. The monoisotopic (exact) mass is 268 g/mol. The summed E-state index contributed by atoms with van der Waals surface area (Å²) < 4.78 is 11.5. The van der Waals surface area contributed by atoms with E-state index in [-0.39, 0.29) is 17.8 Å². The van der Waals surface area contributed by atoms with Gasteiger partial charge in [-0.25, -0.2) is 9.78 Å². The Bertz CT molecular complexity index is 424. The molecule has 4 aliphatic heterocycles. The minimum atomic E-state index is -0.779. The highest BCUT2D eigenvalue weighted by molar-refractivity contribution is 5.74. The van der Waals surface area contributed by atoms with E-state index in [1.807, 2.05) is 13.8 Å². The van der Waals surface area contributed by atoms with Crippen molar-refractivity contribution in [1.29, 1.82) is 0 Å². The van der Waals surface area contributed by atoms with Gasteiger partial charge in [0, 0.05) is 12.3 Å². The molecule has 0 aromatic rings. The van der Waals surface area contributed by atoms with E-state index in [0.717, 1.165) is 32.1 Å². The summed E-state index contributed by atoms with van der Waals surface area (Å²) in [6, 6.07) is 0. The zero-order valence-corrected chi connectivity index (χ0v) is 11.4. The molecular weight excluding hydrogens is 248 g/mol. The molecule has 1 aliphatic carbocycles. The van der Waals surface area contributed by atoms with Gasteiger partial charge >= 0.3 is 5.97 Å². The van der Waals surface area contributed by atoms with Gasteiger partial charge in [0.1, 0.15) is 0 Å². The summed E-state index contributed by atoms with van der Waals surface area (Å²) in [6.45, 7) is 3.79. The van der Waals surface area contributed by atoms with Gasteiger partial charge in [-0.1, -0.05) is 13.3 Å². The van der Waals surface area contributed by atoms with Gasteiger partial charge in [-0.05, 0) is 32.1 Å². The van der Waals surface area contributed by atoms with Crippen LogP contribution >= 0.6 is 0 Å². The maximum absolute atomic E-state index is 12.0. The minimum absolute atomic E-state index is 0.139. The zero-order valence-electron chi connectivity index (χ0n) is 11.4. The van der Waals surface area contributed by atoms with Crippen molar-refractivity contribution in [3.63, 3.8) is 0 Å². The van der Waals surface area contributed by atoms with Crippen LogP contribution in [0.1, 0.15) is 46.0 Å². The van der Waals surface area contributed by atoms with E-state index in [1.165, 1.54) is 0 Å². The first-order valence-electron chi connectivity index (χ1n) is 7.30. The molecule has 2 unspecified atom stereocenters. The van der Waals surface area contributed by atoms with Gasteiger partial charge in [-0.3, -0.25) is 4.79 Å². The Labute approximate surface area is 112 Å². The van der Waals surface area contributed by atoms with Crippen LogP contribution in [0.5, 0.6) is 0 Å². The molecule has 5 fully saturated rings. The molecule has 19 heavy (non-hydrogen) atoms. The molecule has 5 aliphatic rings. The molecule has 5 nitrogen and oxygen atoms in total. The van der Waals surface area contributed by atoms with Crippen molar-refractivity contribution >= 4 is 5.97 Å². The van der Waals surface area contributed by atoms with Crippen LogP contribution in [-0.2, 0) is 24.0 Å². The van der Waals surface area contributed by atoms with Gasteiger partial charge in [0.15, 0.2) is 5.60 Å². The molecule has 1 saturated carbocycles. The Kier molecular flexibility index (Phi) is 2.37. The van der Waals surface area contributed by atoms with Crippen LogP contribution < -0.4 is 0 Å². The fourth-order valence-corrected chi connectivity index (χ4v) is 4.41. The lowest BCUT2D eigenvalue weighted by Crippen LogP contribution is -2.68. The molecule has 0 N–H and O–H groups in total. The van der Waals surface area contributed by atoms with Crippen molar-refractivity contribution in [3.05, 3.63) is 0 Å². The standard InChI is InChI=1S/C14H20O5/c1-8-10-5-3-4-9-6-7-13(2)17-12(16-11(8)15)14(9,10)19-18-13/h8-10,12H,3-7H2,1-2H3/t8-,9?,10+,12-,13-,14?/m1/s1. The quantitative estimate of drug-likeness (QED) is 0.497. The van der Waals surface area contributed by atoms with E-state index in [2.05, 4.69) is 0 Å². The summed E-state index contributed by atoms with van der Waals surface area (Å²) in [6.07, 6.45) is 4.41. The maximum Gasteiger partial charge on any atom is 0.311 e. The maximum atomic E-state index is 12.0. The third kappa shape index (κ3) is 1.44. The van der Waals surface area contributed by atoms with Crippen LogP contribution in [0.4, 0.5) is 0 Å². The van der Waals surface area contributed by atoms with Gasteiger partial charge in [0.2, 0.25) is 12.1 Å². The Morgan fingerprint density at radius 3 is 2.89 bits per heavy atom. The fraction of sp³-hybridized carbons (Fsp3) is 0.929. The first-order valence-corrected chi connectivity index (χ1v) is 7.30. The van der Waals surface area contributed by atoms with Crippen molar-refractivity contribution in [3.8, 4) is 0 Å². The van der Waals surface area contributed by atoms with E-state index in [9.17, 15) is 4.79 Å². The third-order valence-electron chi connectivity index (χ3n) is 5.52. The van der Waals surface area contributed by atoms with Gasteiger partial charge in [-0.2, -0.15) is 0 Å². The number of hydrogen-bond acceptors (Lipinski definition) is 5. The molecule has 4 heterocycles. The molecule has 0 aromatic carbocycles. The highest BCUT2D eigenvalue weighted by atomic mass is 17.3. The first-order chi connectivity index (χ1) is 9.05. The smallest absolute Gasteiger partial charge is 0.311 e. The molecule has 0 aromatic heterocycles. The fourth-order valence-electron chi connectivity index (χ4n) is 4.41. The van der Waals surface area contributed by atoms with Gasteiger partial charge in [0.25, 0.3) is 0 Å². The lowest BCUT2D eigenvalue weighted by molar-refractivity contribution is -0.557. The lowest BCUT2D eigenvalue weighted by Gasteiger charge is -2.56. The van der Waals surface area contributed by atoms with Crippen LogP contribution in [0.25, 0.3) is 0 Å². The van der Waals surface area contributed by atoms with E-state index in [4.69, 9.17) is 19.2 Å². The van der Waals surface area contributed by atoms with Gasteiger partial charge in [-0.15, -0.1) is 0 Å². The summed E-state index contributed by atoms with van der Waals surface area (Å²) in [5.74, 6) is -0.593. The SMILES string of the molecule is C[C@H]1C(=O)O[C@@H]2O[C@@]3(C)CCC4CCC[C@@H]1C42OO3. The molecule has 5 rings (SSSR count). The first kappa shape index (κ1) is 12.1. The Balaban J connectivity index is 1.82. The molecule has 2 bridgehead atoms. The molecule has 4 saturated heterocycles. The van der Waals surface area contributed by atoms with Crippen molar-refractivity contribution in [1.82, 2.24) is 0 Å². The Morgan fingerprint density at radius 2 is 2.05 bits per heavy atom. The molecule has 5 heteroatoms. The van der Waals surface area contributed by atoms with Crippen molar-refractivity contribution in [2.75, 3.05) is 0 Å². The third-order valence-corrected chi connectivity index (χ3v) is 5.52. The number of fused-ring (bicyclic) bond motifs is 2. The zero-order chi connectivity index (χ0) is 13.3. The minimum Gasteiger partial charge on any atom is -0.432 e. The summed E-state index contributed by atoms with van der Waals surface area (Å²) in [5, 5.41) is 0. The summed E-state index contributed by atoms with van der Waals surface area (Å²) in [5.41, 5.74) is -0.582. The van der Waals surface area contributed by atoms with E-state index in [0.29, 0.717) is 5.92 Å². The molecule has 106 valence electrons. The normalized spacial score (nSPS) is 56.2. The van der Waals surface area contributed by atoms with Crippen LogP contribution in [0.2, 0.25) is 0 Å². The second-order valence-corrected chi connectivity index (χ2v) is 6.60. The highest BCUT2D eigenvalue weighted by Crippen LogP contribution is 2.58. The van der Waals surface area contributed by atoms with E-state index in [1.54, 1.807) is 0 Å². The number of esters is 1. The predicted molar refractivity (Wildman–Crippen MR) is 63.5 cm³/mol. The topological polar surface area (TPSA) is 54.0 Å². The number of rotatable bonds is 0. The average molecular weight is 268 g/mol. The van der Waals surface area contributed by atoms with Crippen molar-refractivity contribution in [2.45, 2.75) is 63.6 Å². The van der Waals surface area contributed by atoms with E-state index < -0.39 is 17.7 Å². The lowest BCUT2D eigenvalue weighted by atomic mass is 9.61. The van der Waals surface area contributed by atoms with E-state index >= 15 is 0 Å².